The monoisotopic (exact) mass is 294 g/mol. The molecule has 0 saturated heterocycles. The number of benzene rings is 2. The Morgan fingerprint density at radius 1 is 1.14 bits per heavy atom. The number of carboxylic acids is 1. The number of aromatic nitrogens is 2. The van der Waals surface area contributed by atoms with Gasteiger partial charge in [-0.3, -0.25) is 4.79 Å². The number of nitrogens with zero attached hydrogens (tertiary/aromatic N) is 2. The van der Waals surface area contributed by atoms with Gasteiger partial charge >= 0.3 is 5.97 Å². The summed E-state index contributed by atoms with van der Waals surface area (Å²) in [4.78, 5) is 15.5. The fourth-order valence-corrected chi connectivity index (χ4v) is 2.61. The summed E-state index contributed by atoms with van der Waals surface area (Å²) in [6.45, 7) is 2.70. The van der Waals surface area contributed by atoms with Crippen LogP contribution in [0, 0.1) is 6.92 Å². The molecule has 112 valence electrons. The van der Waals surface area contributed by atoms with Crippen LogP contribution < -0.4 is 0 Å². The lowest BCUT2D eigenvalue weighted by Crippen LogP contribution is -2.03. The van der Waals surface area contributed by atoms with Gasteiger partial charge in [0.2, 0.25) is 0 Å². The number of carbonyl (C=O) groups is 1. The highest BCUT2D eigenvalue weighted by atomic mass is 16.4. The zero-order chi connectivity index (χ0) is 15.5. The molecule has 0 aliphatic carbocycles. The van der Waals surface area contributed by atoms with E-state index >= 15 is 0 Å². The molecule has 0 fully saturated rings. The van der Waals surface area contributed by atoms with Gasteiger partial charge in [0.1, 0.15) is 5.82 Å². The van der Waals surface area contributed by atoms with Gasteiger partial charge in [-0.05, 0) is 25.5 Å². The van der Waals surface area contributed by atoms with Crippen LogP contribution in [0.2, 0.25) is 0 Å². The van der Waals surface area contributed by atoms with E-state index in [0.717, 1.165) is 22.4 Å². The van der Waals surface area contributed by atoms with Crippen LogP contribution in [0.5, 0.6) is 0 Å². The molecule has 0 amide bonds. The lowest BCUT2D eigenvalue weighted by Gasteiger charge is -2.09. The van der Waals surface area contributed by atoms with Gasteiger partial charge in [-0.25, -0.2) is 4.98 Å². The van der Waals surface area contributed by atoms with Gasteiger partial charge in [-0.15, -0.1) is 0 Å². The summed E-state index contributed by atoms with van der Waals surface area (Å²) in [5, 5.41) is 8.85. The number of carboxylic acid groups (broad SMARTS) is 1. The molecule has 0 aliphatic rings. The van der Waals surface area contributed by atoms with Crippen LogP contribution in [0.1, 0.15) is 18.4 Å². The first-order valence-electron chi connectivity index (χ1n) is 7.39. The minimum Gasteiger partial charge on any atom is -0.481 e. The highest BCUT2D eigenvalue weighted by Gasteiger charge is 2.12. The number of imidazole rings is 1. The zero-order valence-corrected chi connectivity index (χ0v) is 12.5. The minimum absolute atomic E-state index is 0.167. The quantitative estimate of drug-likeness (QED) is 0.777. The Balaban J connectivity index is 2.04. The molecule has 4 heteroatoms. The highest BCUT2D eigenvalue weighted by molar-refractivity contribution is 5.80. The first kappa shape index (κ1) is 14.3. The molecule has 1 N–H and O–H groups in total. The fraction of sp³-hybridized carbons (Fsp3) is 0.222. The normalized spacial score (nSPS) is 11.0. The third-order valence-corrected chi connectivity index (χ3v) is 3.74. The van der Waals surface area contributed by atoms with Crippen LogP contribution in [0.4, 0.5) is 0 Å². The predicted molar refractivity (Wildman–Crippen MR) is 86.8 cm³/mol. The van der Waals surface area contributed by atoms with Crippen LogP contribution in [0.3, 0.4) is 0 Å². The molecule has 0 aliphatic heterocycles. The van der Waals surface area contributed by atoms with Crippen molar-refractivity contribution in [2.45, 2.75) is 26.3 Å². The van der Waals surface area contributed by atoms with Crippen LogP contribution in [0.15, 0.2) is 48.5 Å². The Hall–Kier alpha value is -2.62. The first-order chi connectivity index (χ1) is 10.6. The Labute approximate surface area is 129 Å². The topological polar surface area (TPSA) is 55.1 Å². The molecule has 4 nitrogen and oxygen atoms in total. The largest absolute Gasteiger partial charge is 0.481 e. The molecule has 1 heterocycles. The van der Waals surface area contributed by atoms with Gasteiger partial charge in [0.25, 0.3) is 0 Å². The molecule has 0 radical (unpaired) electrons. The number of hydrogen-bond donors (Lipinski definition) is 1. The lowest BCUT2D eigenvalue weighted by atomic mass is 10.1. The van der Waals surface area contributed by atoms with E-state index in [9.17, 15) is 4.79 Å². The molecular weight excluding hydrogens is 276 g/mol. The smallest absolute Gasteiger partial charge is 0.303 e. The number of fused-ring (bicyclic) bond motifs is 1. The van der Waals surface area contributed by atoms with Crippen LogP contribution >= 0.6 is 0 Å². The SMILES string of the molecule is Cc1ccc(-c2nc3ccccc3n2CCCC(=O)O)cc1. The van der Waals surface area contributed by atoms with Gasteiger partial charge < -0.3 is 9.67 Å². The van der Waals surface area contributed by atoms with E-state index in [4.69, 9.17) is 10.1 Å². The maximum absolute atomic E-state index is 10.8. The van der Waals surface area contributed by atoms with Crippen molar-refractivity contribution in [2.75, 3.05) is 0 Å². The lowest BCUT2D eigenvalue weighted by molar-refractivity contribution is -0.137. The summed E-state index contributed by atoms with van der Waals surface area (Å²) >= 11 is 0. The van der Waals surface area contributed by atoms with Crippen molar-refractivity contribution >= 4 is 17.0 Å². The van der Waals surface area contributed by atoms with Crippen molar-refractivity contribution in [3.05, 3.63) is 54.1 Å². The van der Waals surface area contributed by atoms with Crippen molar-refractivity contribution < 1.29 is 9.90 Å². The van der Waals surface area contributed by atoms with E-state index in [2.05, 4.69) is 35.8 Å². The second-order valence-corrected chi connectivity index (χ2v) is 5.44. The van der Waals surface area contributed by atoms with E-state index in [1.807, 2.05) is 24.3 Å². The Morgan fingerprint density at radius 2 is 1.86 bits per heavy atom. The summed E-state index contributed by atoms with van der Waals surface area (Å²) in [7, 11) is 0. The van der Waals surface area contributed by atoms with Gasteiger partial charge in [0.05, 0.1) is 11.0 Å². The Bertz CT molecular complexity index is 804. The standard InChI is InChI=1S/C18H18N2O2/c1-13-8-10-14(11-9-13)18-19-15-5-2-3-6-16(15)20(18)12-4-7-17(21)22/h2-3,5-6,8-11H,4,7,12H2,1H3,(H,21,22). The Kier molecular flexibility index (Phi) is 3.92. The summed E-state index contributed by atoms with van der Waals surface area (Å²) in [5.41, 5.74) is 4.24. The average molecular weight is 294 g/mol. The van der Waals surface area contributed by atoms with E-state index in [-0.39, 0.29) is 6.42 Å². The van der Waals surface area contributed by atoms with Crippen molar-refractivity contribution in [3.63, 3.8) is 0 Å². The van der Waals surface area contributed by atoms with E-state index in [0.29, 0.717) is 13.0 Å². The molecule has 0 unspecified atom stereocenters. The zero-order valence-electron chi connectivity index (χ0n) is 12.5. The van der Waals surface area contributed by atoms with E-state index in [1.54, 1.807) is 0 Å². The van der Waals surface area contributed by atoms with E-state index < -0.39 is 5.97 Å². The molecule has 3 aromatic rings. The van der Waals surface area contributed by atoms with Crippen molar-refractivity contribution in [1.82, 2.24) is 9.55 Å². The number of aliphatic carboxylic acids is 1. The third-order valence-electron chi connectivity index (χ3n) is 3.74. The van der Waals surface area contributed by atoms with Gasteiger partial charge in [-0.1, -0.05) is 42.0 Å². The molecule has 0 atom stereocenters. The number of hydrogen-bond acceptors (Lipinski definition) is 2. The summed E-state index contributed by atoms with van der Waals surface area (Å²) < 4.78 is 2.11. The van der Waals surface area contributed by atoms with Crippen LogP contribution in [-0.4, -0.2) is 20.6 Å². The van der Waals surface area contributed by atoms with Gasteiger partial charge in [0.15, 0.2) is 0 Å². The molecule has 3 rings (SSSR count). The number of para-hydroxylation sites is 2. The number of aryl methyl sites for hydroxylation is 2. The fourth-order valence-electron chi connectivity index (χ4n) is 2.61. The van der Waals surface area contributed by atoms with Gasteiger partial charge in [-0.2, -0.15) is 0 Å². The second-order valence-electron chi connectivity index (χ2n) is 5.44. The summed E-state index contributed by atoms with van der Waals surface area (Å²) in [6, 6.07) is 16.2. The maximum Gasteiger partial charge on any atom is 0.303 e. The molecule has 2 aromatic carbocycles. The molecule has 0 spiro atoms. The van der Waals surface area contributed by atoms with E-state index in [1.165, 1.54) is 5.56 Å². The van der Waals surface area contributed by atoms with Crippen LogP contribution in [-0.2, 0) is 11.3 Å². The number of rotatable bonds is 5. The van der Waals surface area contributed by atoms with Crippen LogP contribution in [0.25, 0.3) is 22.4 Å². The summed E-state index contributed by atoms with van der Waals surface area (Å²) in [5.74, 6) is 0.132. The molecule has 1 aromatic heterocycles. The average Bonchev–Trinajstić information content (AvgIpc) is 2.87. The maximum atomic E-state index is 10.8. The van der Waals surface area contributed by atoms with Crippen molar-refractivity contribution in [3.8, 4) is 11.4 Å². The molecule has 0 bridgehead atoms. The highest BCUT2D eigenvalue weighted by Crippen LogP contribution is 2.25. The minimum atomic E-state index is -0.763. The second kappa shape index (κ2) is 6.02. The van der Waals surface area contributed by atoms with Crippen molar-refractivity contribution in [1.29, 1.82) is 0 Å². The first-order valence-corrected chi connectivity index (χ1v) is 7.39. The Morgan fingerprint density at radius 3 is 2.59 bits per heavy atom. The summed E-state index contributed by atoms with van der Waals surface area (Å²) in [6.07, 6.45) is 0.758. The molecule has 22 heavy (non-hydrogen) atoms. The molecule has 0 saturated carbocycles. The van der Waals surface area contributed by atoms with Crippen molar-refractivity contribution in [2.24, 2.45) is 0 Å². The third kappa shape index (κ3) is 2.86. The molecular formula is C18H18N2O2. The van der Waals surface area contributed by atoms with Gasteiger partial charge in [0, 0.05) is 18.5 Å². The predicted octanol–water partition coefficient (Wildman–Crippen LogP) is 3.88.